The summed E-state index contributed by atoms with van der Waals surface area (Å²) >= 11 is 0. The van der Waals surface area contributed by atoms with Gasteiger partial charge >= 0.3 is 0 Å². The van der Waals surface area contributed by atoms with Gasteiger partial charge in [-0.05, 0) is 48.7 Å². The lowest BCUT2D eigenvalue weighted by atomic mass is 10.1. The van der Waals surface area contributed by atoms with Crippen LogP contribution in [-0.4, -0.2) is 37.6 Å². The first kappa shape index (κ1) is 19.1. The number of hydrogen-bond acceptors (Lipinski definition) is 4. The van der Waals surface area contributed by atoms with E-state index in [1.807, 2.05) is 0 Å². The van der Waals surface area contributed by atoms with Crippen molar-refractivity contribution < 1.29 is 23.5 Å². The van der Waals surface area contributed by atoms with E-state index in [2.05, 4.69) is 5.32 Å². The van der Waals surface area contributed by atoms with Crippen LogP contribution in [-0.2, 0) is 14.3 Å². The summed E-state index contributed by atoms with van der Waals surface area (Å²) in [6.07, 6.45) is 3.48. The third kappa shape index (κ3) is 4.46. The Morgan fingerprint density at radius 3 is 2.76 bits per heavy atom. The Hall–Kier alpha value is -3.19. The zero-order chi connectivity index (χ0) is 20.2. The first-order valence-corrected chi connectivity index (χ1v) is 9.54. The molecule has 6 nitrogen and oxygen atoms in total. The summed E-state index contributed by atoms with van der Waals surface area (Å²) in [4.78, 5) is 26.9. The fourth-order valence-corrected chi connectivity index (χ4v) is 3.36. The van der Waals surface area contributed by atoms with Gasteiger partial charge in [0, 0.05) is 13.2 Å². The number of rotatable bonds is 5. The van der Waals surface area contributed by atoms with E-state index in [9.17, 15) is 14.0 Å². The van der Waals surface area contributed by atoms with E-state index in [4.69, 9.17) is 9.47 Å². The Morgan fingerprint density at radius 1 is 1.21 bits per heavy atom. The van der Waals surface area contributed by atoms with Crippen LogP contribution in [0, 0.1) is 5.82 Å². The highest BCUT2D eigenvalue weighted by molar-refractivity contribution is 6.12. The molecule has 150 valence electrons. The summed E-state index contributed by atoms with van der Waals surface area (Å²) in [5, 5.41) is 2.83. The Bertz CT molecular complexity index is 936. The maximum Gasteiger partial charge on any atom is 0.294 e. The van der Waals surface area contributed by atoms with Crippen molar-refractivity contribution in [3.05, 3.63) is 65.7 Å². The topological polar surface area (TPSA) is 67.9 Å². The number of carbonyl (C=O) groups excluding carboxylic acids is 2. The van der Waals surface area contributed by atoms with Crippen LogP contribution in [0.5, 0.6) is 5.75 Å². The first-order chi connectivity index (χ1) is 14.1. The molecular weight excluding hydrogens is 375 g/mol. The summed E-state index contributed by atoms with van der Waals surface area (Å²) in [5.74, 6) is -0.514. The third-order valence-corrected chi connectivity index (χ3v) is 4.85. The number of fused-ring (bicyclic) bond motifs is 1. The van der Waals surface area contributed by atoms with E-state index < -0.39 is 5.91 Å². The minimum absolute atomic E-state index is 0.0283. The van der Waals surface area contributed by atoms with Gasteiger partial charge in [-0.2, -0.15) is 0 Å². The van der Waals surface area contributed by atoms with Crippen LogP contribution in [0.15, 0.2) is 54.3 Å². The van der Waals surface area contributed by atoms with Crippen LogP contribution >= 0.6 is 0 Å². The molecular formula is C22H21FN2O4. The van der Waals surface area contributed by atoms with Crippen molar-refractivity contribution in [3.63, 3.8) is 0 Å². The average Bonchev–Trinajstić information content (AvgIpc) is 3.25. The van der Waals surface area contributed by atoms with Crippen LogP contribution < -0.4 is 15.0 Å². The predicted octanol–water partition coefficient (Wildman–Crippen LogP) is 2.89. The maximum absolute atomic E-state index is 13.1. The molecule has 0 aromatic heterocycles. The molecule has 4 rings (SSSR count). The molecule has 29 heavy (non-hydrogen) atoms. The van der Waals surface area contributed by atoms with E-state index in [-0.39, 0.29) is 30.1 Å². The SMILES string of the molecule is O=C(CN1C(=O)C(=Cc2ccc(F)cc2)Oc2ccccc21)NCC1CCCO1. The van der Waals surface area contributed by atoms with Crippen LogP contribution in [0.25, 0.3) is 6.08 Å². The molecule has 0 aliphatic carbocycles. The van der Waals surface area contributed by atoms with Gasteiger partial charge in [0.25, 0.3) is 5.91 Å². The summed E-state index contributed by atoms with van der Waals surface area (Å²) in [7, 11) is 0. The number of hydrogen-bond donors (Lipinski definition) is 1. The van der Waals surface area contributed by atoms with E-state index >= 15 is 0 Å². The van der Waals surface area contributed by atoms with Crippen molar-refractivity contribution in [2.75, 3.05) is 24.6 Å². The lowest BCUT2D eigenvalue weighted by Crippen LogP contribution is -2.45. The first-order valence-electron chi connectivity index (χ1n) is 9.54. The van der Waals surface area contributed by atoms with Crippen LogP contribution in [0.4, 0.5) is 10.1 Å². The van der Waals surface area contributed by atoms with Crippen molar-refractivity contribution >= 4 is 23.6 Å². The second kappa shape index (κ2) is 8.45. The lowest BCUT2D eigenvalue weighted by molar-refractivity contribution is -0.123. The number of amides is 2. The van der Waals surface area contributed by atoms with Gasteiger partial charge in [-0.15, -0.1) is 0 Å². The molecule has 2 aromatic rings. The summed E-state index contributed by atoms with van der Waals surface area (Å²) in [6.45, 7) is 1.01. The minimum atomic E-state index is -0.430. The number of ether oxygens (including phenoxy) is 2. The molecule has 1 saturated heterocycles. The maximum atomic E-state index is 13.1. The molecule has 1 fully saturated rings. The van der Waals surface area contributed by atoms with Gasteiger partial charge in [0.2, 0.25) is 5.91 Å². The largest absolute Gasteiger partial charge is 0.449 e. The molecule has 0 radical (unpaired) electrons. The Morgan fingerprint density at radius 2 is 2.00 bits per heavy atom. The minimum Gasteiger partial charge on any atom is -0.449 e. The molecule has 0 spiro atoms. The van der Waals surface area contributed by atoms with E-state index in [1.54, 1.807) is 36.4 Å². The molecule has 2 aliphatic rings. The Kier molecular flexibility index (Phi) is 5.57. The van der Waals surface area contributed by atoms with Crippen LogP contribution in [0.3, 0.4) is 0 Å². The molecule has 2 heterocycles. The number of carbonyl (C=O) groups is 2. The summed E-state index contributed by atoms with van der Waals surface area (Å²) in [6, 6.07) is 12.8. The van der Waals surface area contributed by atoms with Gasteiger partial charge in [-0.1, -0.05) is 24.3 Å². The predicted molar refractivity (Wildman–Crippen MR) is 106 cm³/mol. The van der Waals surface area contributed by atoms with Gasteiger partial charge in [0.05, 0.1) is 11.8 Å². The third-order valence-electron chi connectivity index (χ3n) is 4.85. The second-order valence-corrected chi connectivity index (χ2v) is 6.96. The number of nitrogens with one attached hydrogen (secondary N) is 1. The van der Waals surface area contributed by atoms with Gasteiger partial charge in [-0.3, -0.25) is 14.5 Å². The van der Waals surface area contributed by atoms with Crippen molar-refractivity contribution in [2.24, 2.45) is 0 Å². The molecule has 0 bridgehead atoms. The van der Waals surface area contributed by atoms with E-state index in [1.165, 1.54) is 23.1 Å². The molecule has 2 amide bonds. The molecule has 0 saturated carbocycles. The van der Waals surface area contributed by atoms with Crippen molar-refractivity contribution in [2.45, 2.75) is 18.9 Å². The van der Waals surface area contributed by atoms with Crippen LogP contribution in [0.1, 0.15) is 18.4 Å². The summed E-state index contributed by atoms with van der Waals surface area (Å²) < 4.78 is 24.4. The molecule has 1 unspecified atom stereocenters. The van der Waals surface area contributed by atoms with E-state index in [0.717, 1.165) is 12.8 Å². The Labute approximate surface area is 167 Å². The highest BCUT2D eigenvalue weighted by Gasteiger charge is 2.31. The quantitative estimate of drug-likeness (QED) is 0.790. The fraction of sp³-hybridized carbons (Fsp3) is 0.273. The number of nitrogens with zero attached hydrogens (tertiary/aromatic N) is 1. The molecule has 1 atom stereocenters. The zero-order valence-electron chi connectivity index (χ0n) is 15.8. The number of halogens is 1. The monoisotopic (exact) mass is 396 g/mol. The standard InChI is InChI=1S/C22H21FN2O4/c23-16-9-7-15(8-10-16)12-20-22(27)25(18-5-1-2-6-19(18)29-20)14-21(26)24-13-17-4-3-11-28-17/h1-2,5-10,12,17H,3-4,11,13-14H2,(H,24,26). The highest BCUT2D eigenvalue weighted by Crippen LogP contribution is 2.35. The average molecular weight is 396 g/mol. The van der Waals surface area contributed by atoms with Crippen molar-refractivity contribution in [3.8, 4) is 5.75 Å². The lowest BCUT2D eigenvalue weighted by Gasteiger charge is -2.30. The van der Waals surface area contributed by atoms with Gasteiger partial charge in [0.15, 0.2) is 11.5 Å². The molecule has 2 aliphatic heterocycles. The second-order valence-electron chi connectivity index (χ2n) is 6.96. The normalized spacial score (nSPS) is 19.8. The molecule has 2 aromatic carbocycles. The van der Waals surface area contributed by atoms with Crippen molar-refractivity contribution in [1.29, 1.82) is 0 Å². The Balaban J connectivity index is 1.53. The van der Waals surface area contributed by atoms with Gasteiger partial charge < -0.3 is 14.8 Å². The van der Waals surface area contributed by atoms with Gasteiger partial charge in [0.1, 0.15) is 12.4 Å². The number of benzene rings is 2. The zero-order valence-corrected chi connectivity index (χ0v) is 15.8. The fourth-order valence-electron chi connectivity index (χ4n) is 3.36. The molecule has 7 heteroatoms. The van der Waals surface area contributed by atoms with Crippen LogP contribution in [0.2, 0.25) is 0 Å². The number of para-hydroxylation sites is 2. The smallest absolute Gasteiger partial charge is 0.294 e. The summed E-state index contributed by atoms with van der Waals surface area (Å²) in [5.41, 5.74) is 1.15. The van der Waals surface area contributed by atoms with Gasteiger partial charge in [-0.25, -0.2) is 4.39 Å². The molecule has 1 N–H and O–H groups in total. The highest BCUT2D eigenvalue weighted by atomic mass is 19.1. The van der Waals surface area contributed by atoms with E-state index in [0.29, 0.717) is 30.2 Å². The number of anilines is 1. The van der Waals surface area contributed by atoms with Crippen molar-refractivity contribution in [1.82, 2.24) is 5.32 Å².